The van der Waals surface area contributed by atoms with Crippen molar-refractivity contribution in [3.05, 3.63) is 54.6 Å². The first kappa shape index (κ1) is 19.2. The van der Waals surface area contributed by atoms with Crippen molar-refractivity contribution < 1.29 is 19.1 Å². The molecule has 150 valence electrons. The Labute approximate surface area is 169 Å². The maximum absolute atomic E-state index is 12.7. The highest BCUT2D eigenvalue weighted by molar-refractivity contribution is 6.07. The molecule has 29 heavy (non-hydrogen) atoms. The van der Waals surface area contributed by atoms with Crippen LogP contribution in [-0.2, 0) is 9.59 Å². The Hall–Kier alpha value is -3.15. The van der Waals surface area contributed by atoms with Crippen molar-refractivity contribution in [1.29, 1.82) is 0 Å². The molecule has 1 aliphatic heterocycles. The second-order valence-electron chi connectivity index (χ2n) is 7.64. The summed E-state index contributed by atoms with van der Waals surface area (Å²) in [5, 5.41) is 2.85. The second-order valence-corrected chi connectivity index (χ2v) is 7.64. The van der Waals surface area contributed by atoms with E-state index in [0.717, 1.165) is 35.3 Å². The number of nitrogens with one attached hydrogen (secondary N) is 1. The summed E-state index contributed by atoms with van der Waals surface area (Å²) in [6, 6.07) is 16.8. The summed E-state index contributed by atoms with van der Waals surface area (Å²) in [4.78, 5) is 38.3. The zero-order valence-corrected chi connectivity index (χ0v) is 16.2. The van der Waals surface area contributed by atoms with Gasteiger partial charge in [-0.15, -0.1) is 0 Å². The van der Waals surface area contributed by atoms with Crippen molar-refractivity contribution in [1.82, 2.24) is 10.2 Å². The van der Waals surface area contributed by atoms with Crippen LogP contribution in [0.5, 0.6) is 5.75 Å². The lowest BCUT2D eigenvalue weighted by atomic mass is 9.82. The zero-order chi connectivity index (χ0) is 20.3. The van der Waals surface area contributed by atoms with Crippen LogP contribution in [0.15, 0.2) is 54.6 Å². The number of carbonyl (C=O) groups excluding carboxylic acids is 3. The van der Waals surface area contributed by atoms with Gasteiger partial charge in [-0.05, 0) is 36.1 Å². The summed E-state index contributed by atoms with van der Waals surface area (Å²) < 4.78 is 5.36. The Morgan fingerprint density at radius 2 is 1.59 bits per heavy atom. The molecule has 0 atom stereocenters. The third-order valence-corrected chi connectivity index (χ3v) is 5.69. The fourth-order valence-corrected chi connectivity index (χ4v) is 4.11. The molecule has 0 unspecified atom stereocenters. The average molecular weight is 392 g/mol. The number of benzene rings is 2. The Kier molecular flexibility index (Phi) is 5.34. The van der Waals surface area contributed by atoms with E-state index in [4.69, 9.17) is 4.74 Å². The fraction of sp³-hybridized carbons (Fsp3) is 0.348. The Morgan fingerprint density at radius 3 is 2.28 bits per heavy atom. The minimum absolute atomic E-state index is 0.0321. The van der Waals surface area contributed by atoms with Gasteiger partial charge in [0.15, 0.2) is 0 Å². The lowest BCUT2D eigenvalue weighted by Crippen LogP contribution is -2.48. The van der Waals surface area contributed by atoms with Crippen LogP contribution in [0, 0.1) is 0 Å². The quantitative estimate of drug-likeness (QED) is 0.476. The molecule has 2 aromatic rings. The van der Waals surface area contributed by atoms with Crippen molar-refractivity contribution in [3.63, 3.8) is 0 Å². The minimum Gasteiger partial charge on any atom is -0.426 e. The molecule has 1 saturated heterocycles. The predicted molar refractivity (Wildman–Crippen MR) is 108 cm³/mol. The molecule has 6 nitrogen and oxygen atoms in total. The summed E-state index contributed by atoms with van der Waals surface area (Å²) >= 11 is 0. The van der Waals surface area contributed by atoms with Crippen molar-refractivity contribution >= 4 is 17.9 Å². The van der Waals surface area contributed by atoms with Gasteiger partial charge in [-0.3, -0.25) is 14.5 Å². The van der Waals surface area contributed by atoms with Gasteiger partial charge in [0.2, 0.25) is 0 Å². The molecule has 1 N–H and O–H groups in total. The third-order valence-electron chi connectivity index (χ3n) is 5.69. The Morgan fingerprint density at radius 1 is 0.931 bits per heavy atom. The molecule has 1 spiro atoms. The number of ether oxygens (including phenoxy) is 1. The highest BCUT2D eigenvalue weighted by Gasteiger charge is 2.51. The SMILES string of the molecule is O=C(CCN1C(=O)NC2(CCCCC2)C1=O)Oc1ccc(-c2ccccc2)cc1. The molecule has 1 aliphatic carbocycles. The third kappa shape index (κ3) is 4.01. The van der Waals surface area contributed by atoms with Crippen LogP contribution in [0.2, 0.25) is 0 Å². The fourth-order valence-electron chi connectivity index (χ4n) is 4.11. The van der Waals surface area contributed by atoms with Crippen LogP contribution in [0.25, 0.3) is 11.1 Å². The lowest BCUT2D eigenvalue weighted by molar-refractivity contribution is -0.136. The van der Waals surface area contributed by atoms with Crippen LogP contribution in [0.4, 0.5) is 4.79 Å². The van der Waals surface area contributed by atoms with Crippen LogP contribution in [-0.4, -0.2) is 34.9 Å². The van der Waals surface area contributed by atoms with E-state index in [0.29, 0.717) is 18.6 Å². The van der Waals surface area contributed by atoms with E-state index in [-0.39, 0.29) is 18.9 Å². The van der Waals surface area contributed by atoms with E-state index in [1.54, 1.807) is 12.1 Å². The van der Waals surface area contributed by atoms with Gasteiger partial charge in [0.1, 0.15) is 11.3 Å². The van der Waals surface area contributed by atoms with E-state index >= 15 is 0 Å². The maximum Gasteiger partial charge on any atom is 0.325 e. The normalized spacial score (nSPS) is 18.0. The molecule has 2 aliphatic rings. The highest BCUT2D eigenvalue weighted by Crippen LogP contribution is 2.33. The first-order chi connectivity index (χ1) is 14.1. The molecule has 2 fully saturated rings. The number of nitrogens with zero attached hydrogens (tertiary/aromatic N) is 1. The molecule has 2 aromatic carbocycles. The smallest absolute Gasteiger partial charge is 0.325 e. The van der Waals surface area contributed by atoms with E-state index in [1.807, 2.05) is 42.5 Å². The number of carbonyl (C=O) groups is 3. The number of hydrogen-bond donors (Lipinski definition) is 1. The molecule has 4 rings (SSSR count). The summed E-state index contributed by atoms with van der Waals surface area (Å²) in [7, 11) is 0. The van der Waals surface area contributed by atoms with Gasteiger partial charge in [0.05, 0.1) is 6.42 Å². The van der Waals surface area contributed by atoms with Gasteiger partial charge in [0, 0.05) is 6.54 Å². The molecule has 3 amide bonds. The summed E-state index contributed by atoms with van der Waals surface area (Å²) in [5.41, 5.74) is 1.36. The van der Waals surface area contributed by atoms with E-state index in [9.17, 15) is 14.4 Å². The van der Waals surface area contributed by atoms with Crippen molar-refractivity contribution in [2.24, 2.45) is 0 Å². The molecule has 0 radical (unpaired) electrons. The predicted octanol–water partition coefficient (Wildman–Crippen LogP) is 3.90. The average Bonchev–Trinajstić information content (AvgIpc) is 2.97. The molecule has 1 saturated carbocycles. The molecular weight excluding hydrogens is 368 g/mol. The van der Waals surface area contributed by atoms with E-state index in [2.05, 4.69) is 5.32 Å². The molecule has 6 heteroatoms. The number of amides is 3. The maximum atomic E-state index is 12.7. The van der Waals surface area contributed by atoms with Crippen molar-refractivity contribution in [2.45, 2.75) is 44.1 Å². The first-order valence-electron chi connectivity index (χ1n) is 10.1. The number of hydrogen-bond acceptors (Lipinski definition) is 4. The highest BCUT2D eigenvalue weighted by atomic mass is 16.5. The van der Waals surface area contributed by atoms with Gasteiger partial charge in [-0.25, -0.2) is 4.79 Å². The topological polar surface area (TPSA) is 75.7 Å². The number of imide groups is 1. The standard InChI is InChI=1S/C23H24N2O4/c26-20(29-19-11-9-18(10-12-19)17-7-3-1-4-8-17)13-16-25-21(27)23(24-22(25)28)14-5-2-6-15-23/h1,3-4,7-12H,2,5-6,13-16H2,(H,24,28). The number of rotatable bonds is 5. The van der Waals surface area contributed by atoms with Gasteiger partial charge < -0.3 is 10.1 Å². The van der Waals surface area contributed by atoms with Crippen LogP contribution in [0.3, 0.4) is 0 Å². The van der Waals surface area contributed by atoms with Gasteiger partial charge >= 0.3 is 12.0 Å². The van der Waals surface area contributed by atoms with E-state index in [1.165, 1.54) is 0 Å². The zero-order valence-electron chi connectivity index (χ0n) is 16.2. The van der Waals surface area contributed by atoms with Crippen molar-refractivity contribution in [2.75, 3.05) is 6.54 Å². The minimum atomic E-state index is -0.757. The summed E-state index contributed by atoms with van der Waals surface area (Å²) in [6.07, 6.45) is 4.26. The summed E-state index contributed by atoms with van der Waals surface area (Å²) in [5.74, 6) is -0.236. The molecule has 0 aromatic heterocycles. The number of esters is 1. The van der Waals surface area contributed by atoms with E-state index < -0.39 is 17.5 Å². The van der Waals surface area contributed by atoms with Crippen LogP contribution >= 0.6 is 0 Å². The molecule has 0 bridgehead atoms. The number of urea groups is 1. The van der Waals surface area contributed by atoms with Crippen molar-refractivity contribution in [3.8, 4) is 16.9 Å². The Bertz CT molecular complexity index is 902. The van der Waals surface area contributed by atoms with Crippen LogP contribution in [0.1, 0.15) is 38.5 Å². The largest absolute Gasteiger partial charge is 0.426 e. The summed E-state index contributed by atoms with van der Waals surface area (Å²) in [6.45, 7) is 0.0351. The van der Waals surface area contributed by atoms with Gasteiger partial charge in [-0.1, -0.05) is 61.7 Å². The monoisotopic (exact) mass is 392 g/mol. The molecular formula is C23H24N2O4. The van der Waals surface area contributed by atoms with Gasteiger partial charge in [-0.2, -0.15) is 0 Å². The lowest BCUT2D eigenvalue weighted by Gasteiger charge is -2.30. The molecule has 1 heterocycles. The van der Waals surface area contributed by atoms with Crippen LogP contribution < -0.4 is 10.1 Å². The second kappa shape index (κ2) is 8.07. The first-order valence-corrected chi connectivity index (χ1v) is 10.1. The van der Waals surface area contributed by atoms with Gasteiger partial charge in [0.25, 0.3) is 5.91 Å². The Balaban J connectivity index is 1.32.